The van der Waals surface area contributed by atoms with Gasteiger partial charge in [0.25, 0.3) is 0 Å². The van der Waals surface area contributed by atoms with E-state index in [9.17, 15) is 19.8 Å². The molecule has 230 valence electrons. The van der Waals surface area contributed by atoms with Gasteiger partial charge in [-0.05, 0) is 53.4 Å². The van der Waals surface area contributed by atoms with Crippen LogP contribution in [0.2, 0.25) is 0 Å². The molecule has 4 unspecified atom stereocenters. The predicted molar refractivity (Wildman–Crippen MR) is 143 cm³/mol. The maximum absolute atomic E-state index is 12.0. The van der Waals surface area contributed by atoms with Gasteiger partial charge in [-0.15, -0.1) is 0 Å². The van der Waals surface area contributed by atoms with Crippen molar-refractivity contribution in [3.05, 3.63) is 0 Å². The number of likely N-dealkylation sites (tertiary alicyclic amines) is 2. The van der Waals surface area contributed by atoms with Crippen molar-refractivity contribution in [3.8, 4) is 0 Å². The number of ether oxygens (including phenoxy) is 2. The van der Waals surface area contributed by atoms with Crippen molar-refractivity contribution in [1.29, 1.82) is 0 Å². The first-order valence-electron chi connectivity index (χ1n) is 13.4. The van der Waals surface area contributed by atoms with E-state index in [1.54, 1.807) is 9.80 Å². The number of fused-ring (bicyclic) bond motifs is 2. The minimum atomic E-state index is -1.82. The van der Waals surface area contributed by atoms with Gasteiger partial charge in [-0.3, -0.25) is 0 Å². The van der Waals surface area contributed by atoms with E-state index < -0.39 is 23.1 Å². The van der Waals surface area contributed by atoms with Crippen molar-refractivity contribution in [2.45, 2.75) is 52.7 Å². The third kappa shape index (κ3) is 8.66. The number of rotatable bonds is 2. The van der Waals surface area contributed by atoms with E-state index in [4.69, 9.17) is 29.3 Å². The molecule has 0 spiro atoms. The number of aliphatic hydroxyl groups is 2. The molecule has 4 heterocycles. The average Bonchev–Trinajstić information content (AvgIpc) is 3.55. The first-order chi connectivity index (χ1) is 18.4. The predicted octanol–water partition coefficient (Wildman–Crippen LogP) is 0.0260. The van der Waals surface area contributed by atoms with Crippen molar-refractivity contribution in [2.24, 2.45) is 22.7 Å². The van der Waals surface area contributed by atoms with Gasteiger partial charge in [-0.25, -0.2) is 19.2 Å². The normalized spacial score (nSPS) is 28.9. The van der Waals surface area contributed by atoms with E-state index in [1.807, 2.05) is 41.5 Å². The number of hydrogen-bond acceptors (Lipinski definition) is 10. The molecule has 4 rings (SSSR count). The topological polar surface area (TPSA) is 198 Å². The number of carboxylic acid groups (broad SMARTS) is 2. The number of amides is 2. The Balaban J connectivity index is 0.000000234. The molecule has 0 bridgehead atoms. The molecule has 0 aromatic rings. The Kier molecular flexibility index (Phi) is 10.8. The van der Waals surface area contributed by atoms with Crippen LogP contribution in [0.15, 0.2) is 0 Å². The summed E-state index contributed by atoms with van der Waals surface area (Å²) in [7, 11) is 0. The number of aliphatic hydroxyl groups excluding tert-OH is 2. The van der Waals surface area contributed by atoms with E-state index in [0.29, 0.717) is 38.0 Å². The Bertz CT molecular complexity index is 859. The molecule has 6 N–H and O–H groups in total. The van der Waals surface area contributed by atoms with Crippen molar-refractivity contribution >= 4 is 24.1 Å². The minimum Gasteiger partial charge on any atom is -0.473 e. The summed E-state index contributed by atoms with van der Waals surface area (Å²) in [5, 5.41) is 40.4. The molecule has 14 nitrogen and oxygen atoms in total. The van der Waals surface area contributed by atoms with Crippen LogP contribution >= 0.6 is 0 Å². The molecule has 4 fully saturated rings. The zero-order chi connectivity index (χ0) is 30.5. The fourth-order valence-electron chi connectivity index (χ4n) is 5.42. The first kappa shape index (κ1) is 33.5. The van der Waals surface area contributed by atoms with Crippen molar-refractivity contribution in [3.63, 3.8) is 0 Å². The molecule has 14 heteroatoms. The summed E-state index contributed by atoms with van der Waals surface area (Å²) in [5.41, 5.74) is -1.23. The van der Waals surface area contributed by atoms with Gasteiger partial charge in [0.2, 0.25) is 0 Å². The number of nitrogens with zero attached hydrogens (tertiary/aromatic N) is 2. The molecule has 0 radical (unpaired) electrons. The number of nitrogens with one attached hydrogen (secondary N) is 2. The molecule has 0 aromatic carbocycles. The molecule has 0 saturated carbocycles. The zero-order valence-electron chi connectivity index (χ0n) is 24.4. The highest BCUT2D eigenvalue weighted by molar-refractivity contribution is 6.27. The lowest BCUT2D eigenvalue weighted by molar-refractivity contribution is -0.159. The number of aliphatic carboxylic acids is 2. The summed E-state index contributed by atoms with van der Waals surface area (Å²) in [5.74, 6) is -2.95. The zero-order valence-corrected chi connectivity index (χ0v) is 24.4. The average molecular weight is 575 g/mol. The van der Waals surface area contributed by atoms with Crippen molar-refractivity contribution in [2.75, 3.05) is 65.6 Å². The van der Waals surface area contributed by atoms with E-state index >= 15 is 0 Å². The van der Waals surface area contributed by atoms with Crippen LogP contribution in [0.5, 0.6) is 0 Å². The number of carboxylic acids is 2. The summed E-state index contributed by atoms with van der Waals surface area (Å²) in [4.78, 5) is 45.6. The van der Waals surface area contributed by atoms with Crippen LogP contribution in [0.3, 0.4) is 0 Å². The summed E-state index contributed by atoms with van der Waals surface area (Å²) in [6.07, 6.45) is -0.528. The van der Waals surface area contributed by atoms with Gasteiger partial charge in [-0.2, -0.15) is 0 Å². The second-order valence-corrected chi connectivity index (χ2v) is 13.0. The third-order valence-electron chi connectivity index (χ3n) is 7.48. The highest BCUT2D eigenvalue weighted by atomic mass is 16.6. The quantitative estimate of drug-likeness (QED) is 0.242. The Morgan fingerprint density at radius 3 is 1.27 bits per heavy atom. The van der Waals surface area contributed by atoms with Crippen LogP contribution in [-0.2, 0) is 19.1 Å². The van der Waals surface area contributed by atoms with Gasteiger partial charge in [0.1, 0.15) is 11.2 Å². The van der Waals surface area contributed by atoms with Gasteiger partial charge in [0.05, 0.1) is 13.2 Å². The van der Waals surface area contributed by atoms with Crippen molar-refractivity contribution < 1.29 is 49.1 Å². The Morgan fingerprint density at radius 2 is 1.05 bits per heavy atom. The summed E-state index contributed by atoms with van der Waals surface area (Å²) in [6, 6.07) is 0. The monoisotopic (exact) mass is 574 g/mol. The number of hydrogen-bond donors (Lipinski definition) is 6. The lowest BCUT2D eigenvalue weighted by Crippen LogP contribution is -2.40. The van der Waals surface area contributed by atoms with E-state index in [-0.39, 0.29) is 36.2 Å². The Labute approximate surface area is 235 Å². The van der Waals surface area contributed by atoms with Gasteiger partial charge >= 0.3 is 24.1 Å². The molecule has 40 heavy (non-hydrogen) atoms. The van der Waals surface area contributed by atoms with Crippen LogP contribution in [0.1, 0.15) is 41.5 Å². The largest absolute Gasteiger partial charge is 0.473 e. The van der Waals surface area contributed by atoms with Gasteiger partial charge in [-0.1, -0.05) is 0 Å². The van der Waals surface area contributed by atoms with Gasteiger partial charge in [0, 0.05) is 63.2 Å². The number of carbonyl (C=O) groups is 4. The van der Waals surface area contributed by atoms with Crippen LogP contribution in [0.4, 0.5) is 9.59 Å². The highest BCUT2D eigenvalue weighted by Crippen LogP contribution is 2.40. The molecular formula is C26H46N4O10. The van der Waals surface area contributed by atoms with Crippen LogP contribution in [0, 0.1) is 22.7 Å². The molecule has 4 saturated heterocycles. The van der Waals surface area contributed by atoms with E-state index in [1.165, 1.54) is 0 Å². The summed E-state index contributed by atoms with van der Waals surface area (Å²) in [6.45, 7) is 17.3. The number of carbonyl (C=O) groups excluding carboxylic acids is 2. The first-order valence-corrected chi connectivity index (χ1v) is 13.4. The smallest absolute Gasteiger partial charge is 0.414 e. The fraction of sp³-hybridized carbons (Fsp3) is 0.846. The van der Waals surface area contributed by atoms with Gasteiger partial charge in [0.15, 0.2) is 0 Å². The Morgan fingerprint density at radius 1 is 0.725 bits per heavy atom. The molecule has 2 amide bonds. The lowest BCUT2D eigenvalue weighted by Gasteiger charge is -2.27. The summed E-state index contributed by atoms with van der Waals surface area (Å²) >= 11 is 0. The highest BCUT2D eigenvalue weighted by Gasteiger charge is 2.52. The lowest BCUT2D eigenvalue weighted by atomic mass is 9.82. The van der Waals surface area contributed by atoms with E-state index in [2.05, 4.69) is 10.6 Å². The second kappa shape index (κ2) is 12.9. The van der Waals surface area contributed by atoms with Crippen LogP contribution in [0.25, 0.3) is 0 Å². The fourth-order valence-corrected chi connectivity index (χ4v) is 5.42. The second-order valence-electron chi connectivity index (χ2n) is 13.0. The molecule has 4 atom stereocenters. The maximum Gasteiger partial charge on any atom is 0.414 e. The maximum atomic E-state index is 12.0. The molecule has 4 aliphatic rings. The van der Waals surface area contributed by atoms with Gasteiger partial charge < -0.3 is 50.3 Å². The summed E-state index contributed by atoms with van der Waals surface area (Å²) < 4.78 is 10.7. The molecular weight excluding hydrogens is 528 g/mol. The minimum absolute atomic E-state index is 0.129. The standard InChI is InChI=1S/2C12H22N2O3.C2H2O4/c2*1-11(2,3)17-10(16)14-5-9-4-13-6-12(9,7-14)8-15;3-1(4)2(5)6/h2*9,13,15H,4-8H2,1-3H3;(H,3,4)(H,5,6). The molecule has 0 aliphatic carbocycles. The Hall–Kier alpha value is -2.68. The van der Waals surface area contributed by atoms with Crippen LogP contribution < -0.4 is 10.6 Å². The third-order valence-corrected chi connectivity index (χ3v) is 7.48. The van der Waals surface area contributed by atoms with E-state index in [0.717, 1.165) is 26.2 Å². The molecule has 0 aromatic heterocycles. The van der Waals surface area contributed by atoms with Crippen molar-refractivity contribution in [1.82, 2.24) is 20.4 Å². The molecule has 4 aliphatic heterocycles. The van der Waals surface area contributed by atoms with Crippen LogP contribution in [-0.4, -0.2) is 131 Å². The SMILES string of the molecule is CC(C)(C)OC(=O)N1CC2CNCC2(CO)C1.CC(C)(C)OC(=O)N1CC2CNCC2(CO)C1.O=C(O)C(=O)O.